The van der Waals surface area contributed by atoms with Crippen LogP contribution >= 0.6 is 0 Å². The molecule has 2 aromatic rings. The van der Waals surface area contributed by atoms with Crippen molar-refractivity contribution in [1.29, 1.82) is 0 Å². The van der Waals surface area contributed by atoms with Crippen molar-refractivity contribution >= 4 is 16.6 Å². The van der Waals surface area contributed by atoms with Crippen LogP contribution in [0, 0.1) is 6.92 Å². The Balaban J connectivity index is 1.93. The van der Waals surface area contributed by atoms with Gasteiger partial charge in [0.05, 0.1) is 5.52 Å². The summed E-state index contributed by atoms with van der Waals surface area (Å²) in [6.07, 6.45) is 4.28. The molecule has 0 bridgehead atoms. The monoisotopic (exact) mass is 241 g/mol. The van der Waals surface area contributed by atoms with Gasteiger partial charge in [0.1, 0.15) is 0 Å². The van der Waals surface area contributed by atoms with Crippen molar-refractivity contribution in [3.05, 3.63) is 36.0 Å². The summed E-state index contributed by atoms with van der Waals surface area (Å²) in [5, 5.41) is 8.30. The Hall–Kier alpha value is -1.61. The van der Waals surface area contributed by atoms with E-state index in [1.807, 2.05) is 6.20 Å². The van der Waals surface area contributed by atoms with E-state index in [9.17, 15) is 0 Å². The van der Waals surface area contributed by atoms with E-state index in [0.29, 0.717) is 6.04 Å². The molecule has 0 atom stereocenters. The molecule has 94 valence electrons. The number of hydrogen-bond acceptors (Lipinski definition) is 3. The molecule has 3 rings (SSSR count). The Bertz CT molecular complexity index is 544. The van der Waals surface area contributed by atoms with Crippen molar-refractivity contribution in [3.8, 4) is 0 Å². The molecule has 0 amide bonds. The first kappa shape index (κ1) is 11.5. The number of rotatable bonds is 2. The lowest BCUT2D eigenvalue weighted by Gasteiger charge is -2.25. The fraction of sp³-hybridized carbons (Fsp3) is 0.400. The average Bonchev–Trinajstić information content (AvgIpc) is 2.41. The van der Waals surface area contributed by atoms with Gasteiger partial charge in [0.15, 0.2) is 0 Å². The van der Waals surface area contributed by atoms with Crippen LogP contribution in [0.4, 0.5) is 5.69 Å². The van der Waals surface area contributed by atoms with Crippen LogP contribution in [0.2, 0.25) is 0 Å². The number of para-hydroxylation sites is 1. The third-order valence-electron chi connectivity index (χ3n) is 3.67. The highest BCUT2D eigenvalue weighted by atomic mass is 15.0. The van der Waals surface area contributed by atoms with Gasteiger partial charge in [-0.1, -0.05) is 18.2 Å². The van der Waals surface area contributed by atoms with E-state index in [-0.39, 0.29) is 0 Å². The number of fused-ring (bicyclic) bond motifs is 1. The molecule has 2 N–H and O–H groups in total. The van der Waals surface area contributed by atoms with Crippen LogP contribution in [-0.4, -0.2) is 24.1 Å². The first-order valence-corrected chi connectivity index (χ1v) is 6.66. The van der Waals surface area contributed by atoms with E-state index in [1.54, 1.807) is 0 Å². The highest BCUT2D eigenvalue weighted by Crippen LogP contribution is 2.25. The minimum Gasteiger partial charge on any atom is -0.382 e. The number of nitrogens with zero attached hydrogens (tertiary/aromatic N) is 1. The minimum absolute atomic E-state index is 0.581. The predicted octanol–water partition coefficient (Wildman–Crippen LogP) is 2.71. The van der Waals surface area contributed by atoms with Crippen molar-refractivity contribution in [3.63, 3.8) is 0 Å². The van der Waals surface area contributed by atoms with Crippen molar-refractivity contribution in [2.24, 2.45) is 0 Å². The minimum atomic E-state index is 0.581. The van der Waals surface area contributed by atoms with Crippen LogP contribution < -0.4 is 10.6 Å². The number of aryl methyl sites for hydroxylation is 1. The van der Waals surface area contributed by atoms with Gasteiger partial charge >= 0.3 is 0 Å². The molecule has 3 nitrogen and oxygen atoms in total. The van der Waals surface area contributed by atoms with Gasteiger partial charge in [-0.05, 0) is 44.5 Å². The van der Waals surface area contributed by atoms with Crippen molar-refractivity contribution < 1.29 is 0 Å². The maximum absolute atomic E-state index is 4.48. The van der Waals surface area contributed by atoms with E-state index in [0.717, 1.165) is 18.6 Å². The lowest BCUT2D eigenvalue weighted by atomic mass is 10.0. The highest BCUT2D eigenvalue weighted by molar-refractivity contribution is 5.92. The van der Waals surface area contributed by atoms with Crippen molar-refractivity contribution in [2.45, 2.75) is 25.8 Å². The average molecular weight is 241 g/mol. The molecule has 0 saturated carbocycles. The van der Waals surface area contributed by atoms with E-state index < -0.39 is 0 Å². The molecule has 1 aliphatic heterocycles. The van der Waals surface area contributed by atoms with Crippen LogP contribution in [0.3, 0.4) is 0 Å². The van der Waals surface area contributed by atoms with E-state index in [4.69, 9.17) is 0 Å². The number of anilines is 1. The zero-order valence-corrected chi connectivity index (χ0v) is 10.7. The van der Waals surface area contributed by atoms with Gasteiger partial charge in [-0.15, -0.1) is 0 Å². The zero-order chi connectivity index (χ0) is 12.4. The smallest absolute Gasteiger partial charge is 0.0751 e. The summed E-state index contributed by atoms with van der Waals surface area (Å²) < 4.78 is 0. The number of aromatic nitrogens is 1. The molecule has 1 aromatic carbocycles. The maximum atomic E-state index is 4.48. The summed E-state index contributed by atoms with van der Waals surface area (Å²) in [5.74, 6) is 0. The lowest BCUT2D eigenvalue weighted by molar-refractivity contribution is 0.479. The quantitative estimate of drug-likeness (QED) is 0.849. The maximum Gasteiger partial charge on any atom is 0.0751 e. The molecule has 0 spiro atoms. The summed E-state index contributed by atoms with van der Waals surface area (Å²) in [6, 6.07) is 9.04. The van der Waals surface area contributed by atoms with Crippen molar-refractivity contribution in [2.75, 3.05) is 18.4 Å². The second-order valence-electron chi connectivity index (χ2n) is 5.00. The van der Waals surface area contributed by atoms with E-state index >= 15 is 0 Å². The third-order valence-corrected chi connectivity index (χ3v) is 3.67. The first-order chi connectivity index (χ1) is 8.84. The molecule has 1 saturated heterocycles. The predicted molar refractivity (Wildman–Crippen MR) is 76.0 cm³/mol. The molecule has 1 aliphatic rings. The number of hydrogen-bond donors (Lipinski definition) is 2. The second-order valence-corrected chi connectivity index (χ2v) is 5.00. The summed E-state index contributed by atoms with van der Waals surface area (Å²) in [5.41, 5.74) is 3.56. The zero-order valence-electron chi connectivity index (χ0n) is 10.7. The van der Waals surface area contributed by atoms with Crippen molar-refractivity contribution in [1.82, 2.24) is 10.3 Å². The van der Waals surface area contributed by atoms with Crippen LogP contribution in [0.5, 0.6) is 0 Å². The third kappa shape index (κ3) is 2.18. The molecule has 18 heavy (non-hydrogen) atoms. The van der Waals surface area contributed by atoms with E-state index in [2.05, 4.69) is 46.8 Å². The van der Waals surface area contributed by atoms with E-state index in [1.165, 1.54) is 29.5 Å². The standard InChI is InChI=1S/C15H19N3/c1-11-3-2-4-13-14(7-10-17-15(11)13)18-12-5-8-16-9-6-12/h2-4,7,10,12,16H,5-6,8-9H2,1H3,(H,17,18). The van der Waals surface area contributed by atoms with Gasteiger partial charge in [0.2, 0.25) is 0 Å². The summed E-state index contributed by atoms with van der Waals surface area (Å²) in [7, 11) is 0. The number of pyridine rings is 1. The number of piperidine rings is 1. The Morgan fingerprint density at radius 1 is 1.22 bits per heavy atom. The van der Waals surface area contributed by atoms with Gasteiger partial charge in [-0.3, -0.25) is 4.98 Å². The van der Waals surface area contributed by atoms with Gasteiger partial charge < -0.3 is 10.6 Å². The summed E-state index contributed by atoms with van der Waals surface area (Å²) >= 11 is 0. The molecule has 0 unspecified atom stereocenters. The Morgan fingerprint density at radius 2 is 2.06 bits per heavy atom. The van der Waals surface area contributed by atoms with Crippen LogP contribution in [0.1, 0.15) is 18.4 Å². The fourth-order valence-electron chi connectivity index (χ4n) is 2.64. The van der Waals surface area contributed by atoms with Gasteiger partial charge in [0, 0.05) is 23.3 Å². The number of nitrogens with one attached hydrogen (secondary N) is 2. The first-order valence-electron chi connectivity index (χ1n) is 6.66. The topological polar surface area (TPSA) is 37.0 Å². The van der Waals surface area contributed by atoms with Gasteiger partial charge in [-0.2, -0.15) is 0 Å². The normalized spacial score (nSPS) is 16.9. The molecule has 0 aliphatic carbocycles. The molecule has 1 fully saturated rings. The molecule has 3 heteroatoms. The highest BCUT2D eigenvalue weighted by Gasteiger charge is 2.13. The largest absolute Gasteiger partial charge is 0.382 e. The molecular formula is C15H19N3. The number of benzene rings is 1. The molecule has 2 heterocycles. The molecule has 0 radical (unpaired) electrons. The van der Waals surface area contributed by atoms with Crippen LogP contribution in [0.15, 0.2) is 30.5 Å². The second kappa shape index (κ2) is 4.94. The summed E-state index contributed by atoms with van der Waals surface area (Å²) in [4.78, 5) is 4.48. The van der Waals surface area contributed by atoms with Crippen LogP contribution in [0.25, 0.3) is 10.9 Å². The van der Waals surface area contributed by atoms with Gasteiger partial charge in [0.25, 0.3) is 0 Å². The molecule has 1 aromatic heterocycles. The lowest BCUT2D eigenvalue weighted by Crippen LogP contribution is -2.35. The summed E-state index contributed by atoms with van der Waals surface area (Å²) in [6.45, 7) is 4.34. The van der Waals surface area contributed by atoms with Gasteiger partial charge in [-0.25, -0.2) is 0 Å². The fourth-order valence-corrected chi connectivity index (χ4v) is 2.64. The molecular weight excluding hydrogens is 222 g/mol. The Labute approximate surface area is 108 Å². The Morgan fingerprint density at radius 3 is 2.89 bits per heavy atom. The SMILES string of the molecule is Cc1cccc2c(NC3CCNCC3)ccnc12. The Kier molecular flexibility index (Phi) is 3.15. The van der Waals surface area contributed by atoms with Crippen LogP contribution in [-0.2, 0) is 0 Å².